The van der Waals surface area contributed by atoms with Gasteiger partial charge in [-0.2, -0.15) is 11.8 Å². The van der Waals surface area contributed by atoms with Crippen LogP contribution < -0.4 is 10.6 Å². The highest BCUT2D eigenvalue weighted by Gasteiger charge is 2.26. The first-order valence-corrected chi connectivity index (χ1v) is 9.70. The second kappa shape index (κ2) is 11.0. The third kappa shape index (κ3) is 6.96. The second-order valence-electron chi connectivity index (χ2n) is 5.26. The molecule has 1 aromatic rings. The molecule has 0 aromatic heterocycles. The average Bonchev–Trinajstić information content (AvgIpc) is 2.58. The molecule has 0 fully saturated rings. The average molecular weight is 387 g/mol. The number of esters is 1. The Bertz CT molecular complexity index is 612. The van der Waals surface area contributed by atoms with E-state index in [-0.39, 0.29) is 11.5 Å². The molecule has 0 aliphatic carbocycles. The van der Waals surface area contributed by atoms with Crippen LogP contribution in [0.15, 0.2) is 24.3 Å². The molecule has 1 aromatic carbocycles. The van der Waals surface area contributed by atoms with E-state index in [9.17, 15) is 14.4 Å². The van der Waals surface area contributed by atoms with Crippen LogP contribution in [0.2, 0.25) is 5.02 Å². The number of ether oxygens (including phenoxy) is 1. The first kappa shape index (κ1) is 21.3. The largest absolute Gasteiger partial charge is 0.451 e. The summed E-state index contributed by atoms with van der Waals surface area (Å²) in [6.45, 7) is 3.71. The van der Waals surface area contributed by atoms with E-state index in [0.29, 0.717) is 23.7 Å². The van der Waals surface area contributed by atoms with E-state index < -0.39 is 24.0 Å². The maximum atomic E-state index is 12.4. The normalized spacial score (nSPS) is 12.8. The van der Waals surface area contributed by atoms with Gasteiger partial charge in [-0.15, -0.1) is 0 Å². The van der Waals surface area contributed by atoms with Crippen molar-refractivity contribution in [3.05, 3.63) is 34.9 Å². The molecule has 1 rings (SSSR count). The summed E-state index contributed by atoms with van der Waals surface area (Å²) < 4.78 is 5.18. The summed E-state index contributed by atoms with van der Waals surface area (Å²) in [7, 11) is 0. The van der Waals surface area contributed by atoms with E-state index in [1.54, 1.807) is 43.0 Å². The van der Waals surface area contributed by atoms with Crippen molar-refractivity contribution in [1.82, 2.24) is 10.6 Å². The summed E-state index contributed by atoms with van der Waals surface area (Å²) in [5, 5.41) is 5.52. The quantitative estimate of drug-likeness (QED) is 0.636. The SMILES string of the molecule is CCNC(=O)[C@H](C)OC(=O)[C@@H](CCSC)NC(=O)c1ccccc1Cl. The predicted octanol–water partition coefficient (Wildman–Crippen LogP) is 2.26. The van der Waals surface area contributed by atoms with Gasteiger partial charge in [-0.1, -0.05) is 23.7 Å². The van der Waals surface area contributed by atoms with E-state index in [0.717, 1.165) is 0 Å². The van der Waals surface area contributed by atoms with Crippen molar-refractivity contribution in [2.75, 3.05) is 18.6 Å². The third-order valence-corrected chi connectivity index (χ3v) is 4.31. The Morgan fingerprint density at radius 3 is 2.56 bits per heavy atom. The van der Waals surface area contributed by atoms with Gasteiger partial charge in [-0.25, -0.2) is 4.79 Å². The maximum absolute atomic E-state index is 12.4. The summed E-state index contributed by atoms with van der Waals surface area (Å²) in [5.74, 6) is -0.831. The van der Waals surface area contributed by atoms with Gasteiger partial charge >= 0.3 is 5.97 Å². The summed E-state index contributed by atoms with van der Waals surface area (Å²) in [6.07, 6.45) is 1.36. The highest BCUT2D eigenvalue weighted by atomic mass is 35.5. The fraction of sp³-hybridized carbons (Fsp3) is 0.471. The molecule has 6 nitrogen and oxygen atoms in total. The van der Waals surface area contributed by atoms with Crippen LogP contribution in [0.5, 0.6) is 0 Å². The van der Waals surface area contributed by atoms with Gasteiger partial charge in [0.1, 0.15) is 6.04 Å². The molecule has 0 spiro atoms. The van der Waals surface area contributed by atoms with Gasteiger partial charge in [0.05, 0.1) is 10.6 Å². The van der Waals surface area contributed by atoms with Crippen molar-refractivity contribution in [3.63, 3.8) is 0 Å². The summed E-state index contributed by atoms with van der Waals surface area (Å²) in [5.41, 5.74) is 0.280. The minimum Gasteiger partial charge on any atom is -0.451 e. The number of carbonyl (C=O) groups excluding carboxylic acids is 3. The second-order valence-corrected chi connectivity index (χ2v) is 6.65. The van der Waals surface area contributed by atoms with Crippen molar-refractivity contribution in [2.45, 2.75) is 32.4 Å². The van der Waals surface area contributed by atoms with Crippen molar-refractivity contribution < 1.29 is 19.1 Å². The Morgan fingerprint density at radius 1 is 1.28 bits per heavy atom. The number of amides is 2. The molecule has 0 aliphatic rings. The lowest BCUT2D eigenvalue weighted by atomic mass is 10.1. The molecule has 8 heteroatoms. The van der Waals surface area contributed by atoms with Crippen molar-refractivity contribution >= 4 is 41.1 Å². The molecule has 0 aliphatic heterocycles. The number of hydrogen-bond acceptors (Lipinski definition) is 5. The summed E-state index contributed by atoms with van der Waals surface area (Å²) in [4.78, 5) is 36.4. The smallest absolute Gasteiger partial charge is 0.329 e. The minimum absolute atomic E-state index is 0.280. The van der Waals surface area contributed by atoms with Crippen molar-refractivity contribution in [2.24, 2.45) is 0 Å². The number of benzene rings is 1. The number of likely N-dealkylation sites (N-methyl/N-ethyl adjacent to an activating group) is 1. The zero-order chi connectivity index (χ0) is 18.8. The zero-order valence-electron chi connectivity index (χ0n) is 14.5. The number of thioether (sulfide) groups is 1. The molecule has 2 atom stereocenters. The Labute approximate surface area is 157 Å². The number of carbonyl (C=O) groups is 3. The molecule has 0 saturated heterocycles. The fourth-order valence-electron chi connectivity index (χ4n) is 1.99. The molecule has 0 heterocycles. The van der Waals surface area contributed by atoms with Gasteiger partial charge in [0, 0.05) is 6.54 Å². The topological polar surface area (TPSA) is 84.5 Å². The van der Waals surface area contributed by atoms with Gasteiger partial charge in [-0.05, 0) is 44.4 Å². The fourth-order valence-corrected chi connectivity index (χ4v) is 2.69. The van der Waals surface area contributed by atoms with Crippen molar-refractivity contribution in [3.8, 4) is 0 Å². The van der Waals surface area contributed by atoms with E-state index in [2.05, 4.69) is 10.6 Å². The van der Waals surface area contributed by atoms with Crippen LogP contribution in [0.1, 0.15) is 30.6 Å². The van der Waals surface area contributed by atoms with Gasteiger partial charge in [0.2, 0.25) is 0 Å². The van der Waals surface area contributed by atoms with Gasteiger partial charge in [0.25, 0.3) is 11.8 Å². The molecule has 0 radical (unpaired) electrons. The standard InChI is InChI=1S/C17H23ClN2O4S/c1-4-19-15(21)11(2)24-17(23)14(9-10-25-3)20-16(22)12-7-5-6-8-13(12)18/h5-8,11,14H,4,9-10H2,1-3H3,(H,19,21)(H,20,22)/t11-,14+/m0/s1. The third-order valence-electron chi connectivity index (χ3n) is 3.33. The van der Waals surface area contributed by atoms with E-state index in [1.807, 2.05) is 6.26 Å². The lowest BCUT2D eigenvalue weighted by Gasteiger charge is -2.20. The summed E-state index contributed by atoms with van der Waals surface area (Å²) in [6, 6.07) is 5.72. The molecular formula is C17H23ClN2O4S. The molecule has 2 N–H and O–H groups in total. The molecule has 2 amide bonds. The van der Waals surface area contributed by atoms with Crippen LogP contribution in [0.3, 0.4) is 0 Å². The Morgan fingerprint density at radius 2 is 1.96 bits per heavy atom. The molecule has 25 heavy (non-hydrogen) atoms. The number of nitrogens with one attached hydrogen (secondary N) is 2. The van der Waals surface area contributed by atoms with Crippen molar-refractivity contribution in [1.29, 1.82) is 0 Å². The Balaban J connectivity index is 2.79. The monoisotopic (exact) mass is 386 g/mol. The van der Waals surface area contributed by atoms with E-state index in [4.69, 9.17) is 16.3 Å². The van der Waals surface area contributed by atoms with Crippen LogP contribution in [0.25, 0.3) is 0 Å². The molecule has 0 saturated carbocycles. The molecule has 0 bridgehead atoms. The van der Waals surface area contributed by atoms with Gasteiger partial charge in [0.15, 0.2) is 6.10 Å². The molecule has 0 unspecified atom stereocenters. The molecular weight excluding hydrogens is 364 g/mol. The maximum Gasteiger partial charge on any atom is 0.329 e. The summed E-state index contributed by atoms with van der Waals surface area (Å²) >= 11 is 7.56. The van der Waals surface area contributed by atoms with Gasteiger partial charge < -0.3 is 15.4 Å². The van der Waals surface area contributed by atoms with Crippen LogP contribution >= 0.6 is 23.4 Å². The van der Waals surface area contributed by atoms with Gasteiger partial charge in [-0.3, -0.25) is 9.59 Å². The number of halogens is 1. The predicted molar refractivity (Wildman–Crippen MR) is 99.9 cm³/mol. The zero-order valence-corrected chi connectivity index (χ0v) is 16.1. The van der Waals surface area contributed by atoms with Crippen LogP contribution in [-0.2, 0) is 14.3 Å². The van der Waals surface area contributed by atoms with Crippen LogP contribution in [-0.4, -0.2) is 48.5 Å². The number of hydrogen-bond donors (Lipinski definition) is 2. The Kier molecular flexibility index (Phi) is 9.37. The van der Waals surface area contributed by atoms with E-state index >= 15 is 0 Å². The highest BCUT2D eigenvalue weighted by molar-refractivity contribution is 7.98. The lowest BCUT2D eigenvalue weighted by Crippen LogP contribution is -2.45. The van der Waals surface area contributed by atoms with E-state index in [1.165, 1.54) is 6.92 Å². The Hall–Kier alpha value is -1.73. The lowest BCUT2D eigenvalue weighted by molar-refractivity contribution is -0.156. The van der Waals surface area contributed by atoms with Crippen LogP contribution in [0, 0.1) is 0 Å². The number of rotatable bonds is 9. The first-order chi connectivity index (χ1) is 11.9. The minimum atomic E-state index is -0.929. The molecule has 138 valence electrons. The van der Waals surface area contributed by atoms with Crippen LogP contribution in [0.4, 0.5) is 0 Å². The highest BCUT2D eigenvalue weighted by Crippen LogP contribution is 2.15. The first-order valence-electron chi connectivity index (χ1n) is 7.93.